The van der Waals surface area contributed by atoms with Crippen LogP contribution < -0.4 is 16.0 Å². The lowest BCUT2D eigenvalue weighted by atomic mass is 10.2. The summed E-state index contributed by atoms with van der Waals surface area (Å²) in [6, 6.07) is 10.5. The van der Waals surface area contributed by atoms with Crippen molar-refractivity contribution in [1.82, 2.24) is 16.0 Å². The van der Waals surface area contributed by atoms with Crippen molar-refractivity contribution in [3.8, 4) is 0 Å². The summed E-state index contributed by atoms with van der Waals surface area (Å²) < 4.78 is 0. The fourth-order valence-corrected chi connectivity index (χ4v) is 1.90. The average Bonchev–Trinajstić information content (AvgIpc) is 3.30. The molecule has 0 aliphatic heterocycles. The third kappa shape index (κ3) is 7.63. The van der Waals surface area contributed by atoms with E-state index in [0.29, 0.717) is 25.6 Å². The van der Waals surface area contributed by atoms with E-state index in [2.05, 4.69) is 20.9 Å². The molecule has 0 aromatic heterocycles. The fraction of sp³-hybridized carbons (Fsp3) is 0.500. The van der Waals surface area contributed by atoms with Crippen LogP contribution in [0.3, 0.4) is 0 Å². The summed E-state index contributed by atoms with van der Waals surface area (Å²) in [6.45, 7) is 3.95. The zero-order chi connectivity index (χ0) is 14.9. The molecule has 5 nitrogen and oxygen atoms in total. The second kappa shape index (κ2) is 10.4. The van der Waals surface area contributed by atoms with E-state index in [-0.39, 0.29) is 29.9 Å². The summed E-state index contributed by atoms with van der Waals surface area (Å²) in [5.41, 5.74) is 1.11. The molecule has 122 valence electrons. The van der Waals surface area contributed by atoms with Gasteiger partial charge in [-0.3, -0.25) is 9.79 Å². The van der Waals surface area contributed by atoms with Crippen molar-refractivity contribution >= 4 is 35.8 Å². The van der Waals surface area contributed by atoms with Crippen molar-refractivity contribution in [2.75, 3.05) is 13.1 Å². The highest BCUT2D eigenvalue weighted by Gasteiger charge is 2.21. The Morgan fingerprint density at radius 1 is 1.23 bits per heavy atom. The predicted molar refractivity (Wildman–Crippen MR) is 100 cm³/mol. The SMILES string of the molecule is CCNC(=NCCC(=O)NCc1ccccc1)NC1CC1.I. The first-order valence-corrected chi connectivity index (χ1v) is 7.63. The minimum atomic E-state index is 0. The quantitative estimate of drug-likeness (QED) is 0.362. The number of amides is 1. The van der Waals surface area contributed by atoms with Crippen LogP contribution in [0.25, 0.3) is 0 Å². The van der Waals surface area contributed by atoms with Gasteiger partial charge in [-0.25, -0.2) is 0 Å². The van der Waals surface area contributed by atoms with Crippen LogP contribution in [0, 0.1) is 0 Å². The predicted octanol–water partition coefficient (Wildman–Crippen LogP) is 2.03. The minimum Gasteiger partial charge on any atom is -0.357 e. The molecule has 1 aliphatic rings. The number of carbonyl (C=O) groups is 1. The van der Waals surface area contributed by atoms with Crippen LogP contribution in [0.4, 0.5) is 0 Å². The normalized spacial score (nSPS) is 14.0. The van der Waals surface area contributed by atoms with Crippen molar-refractivity contribution in [3.05, 3.63) is 35.9 Å². The molecule has 6 heteroatoms. The maximum absolute atomic E-state index is 11.8. The lowest BCUT2D eigenvalue weighted by Gasteiger charge is -2.10. The highest BCUT2D eigenvalue weighted by molar-refractivity contribution is 14.0. The van der Waals surface area contributed by atoms with E-state index < -0.39 is 0 Å². The van der Waals surface area contributed by atoms with E-state index in [9.17, 15) is 4.79 Å². The molecule has 0 saturated heterocycles. The number of benzene rings is 1. The van der Waals surface area contributed by atoms with Gasteiger partial charge in [0.25, 0.3) is 0 Å². The van der Waals surface area contributed by atoms with Gasteiger partial charge in [0, 0.05) is 25.6 Å². The highest BCUT2D eigenvalue weighted by Crippen LogP contribution is 2.18. The van der Waals surface area contributed by atoms with E-state index in [4.69, 9.17) is 0 Å². The molecule has 0 bridgehead atoms. The van der Waals surface area contributed by atoms with Gasteiger partial charge in [0.05, 0.1) is 6.54 Å². The summed E-state index contributed by atoms with van der Waals surface area (Å²) >= 11 is 0. The number of hydrogen-bond acceptors (Lipinski definition) is 2. The molecule has 1 aliphatic carbocycles. The minimum absolute atomic E-state index is 0. The maximum Gasteiger partial charge on any atom is 0.222 e. The van der Waals surface area contributed by atoms with Gasteiger partial charge >= 0.3 is 0 Å². The van der Waals surface area contributed by atoms with Crippen molar-refractivity contribution in [2.45, 2.75) is 38.8 Å². The Morgan fingerprint density at radius 3 is 2.59 bits per heavy atom. The van der Waals surface area contributed by atoms with Crippen molar-refractivity contribution in [2.24, 2.45) is 4.99 Å². The number of rotatable bonds is 7. The third-order valence-electron chi connectivity index (χ3n) is 3.20. The average molecular weight is 416 g/mol. The van der Waals surface area contributed by atoms with Crippen LogP contribution in [0.15, 0.2) is 35.3 Å². The first-order valence-electron chi connectivity index (χ1n) is 7.63. The summed E-state index contributed by atoms with van der Waals surface area (Å²) in [4.78, 5) is 16.2. The molecule has 0 radical (unpaired) electrons. The summed E-state index contributed by atoms with van der Waals surface area (Å²) in [6.07, 6.45) is 2.83. The van der Waals surface area contributed by atoms with E-state index in [1.165, 1.54) is 12.8 Å². The van der Waals surface area contributed by atoms with E-state index >= 15 is 0 Å². The number of nitrogens with one attached hydrogen (secondary N) is 3. The molecular weight excluding hydrogens is 391 g/mol. The number of hydrogen-bond donors (Lipinski definition) is 3. The Labute approximate surface area is 149 Å². The second-order valence-electron chi connectivity index (χ2n) is 5.19. The molecule has 3 N–H and O–H groups in total. The fourth-order valence-electron chi connectivity index (χ4n) is 1.90. The summed E-state index contributed by atoms with van der Waals surface area (Å²) in [7, 11) is 0. The standard InChI is InChI=1S/C16H24N4O.HI/c1-2-17-16(20-14-8-9-14)18-11-10-15(21)19-12-13-6-4-3-5-7-13;/h3-7,14H,2,8-12H2,1H3,(H,19,21)(H2,17,18,20);1H. The lowest BCUT2D eigenvalue weighted by Crippen LogP contribution is -2.38. The maximum atomic E-state index is 11.8. The topological polar surface area (TPSA) is 65.5 Å². The first-order chi connectivity index (χ1) is 10.3. The Hall–Kier alpha value is -1.31. The zero-order valence-corrected chi connectivity index (χ0v) is 15.3. The van der Waals surface area contributed by atoms with Crippen molar-refractivity contribution in [3.63, 3.8) is 0 Å². The van der Waals surface area contributed by atoms with Crippen molar-refractivity contribution < 1.29 is 4.79 Å². The van der Waals surface area contributed by atoms with Crippen molar-refractivity contribution in [1.29, 1.82) is 0 Å². The highest BCUT2D eigenvalue weighted by atomic mass is 127. The number of carbonyl (C=O) groups excluding carboxylic acids is 1. The van der Waals surface area contributed by atoms with E-state index in [0.717, 1.165) is 18.1 Å². The number of nitrogens with zero attached hydrogens (tertiary/aromatic N) is 1. The third-order valence-corrected chi connectivity index (χ3v) is 3.20. The zero-order valence-electron chi connectivity index (χ0n) is 13.0. The molecule has 1 saturated carbocycles. The van der Waals surface area contributed by atoms with Gasteiger partial charge in [-0.05, 0) is 25.3 Å². The van der Waals surface area contributed by atoms with Gasteiger partial charge in [-0.15, -0.1) is 24.0 Å². The lowest BCUT2D eigenvalue weighted by molar-refractivity contribution is -0.121. The Kier molecular flexibility index (Phi) is 8.88. The van der Waals surface area contributed by atoms with Crippen LogP contribution in [0.5, 0.6) is 0 Å². The number of halogens is 1. The van der Waals surface area contributed by atoms with Gasteiger partial charge in [0.15, 0.2) is 5.96 Å². The van der Waals surface area contributed by atoms with Crippen LogP contribution in [-0.4, -0.2) is 31.0 Å². The van der Waals surface area contributed by atoms with E-state index in [1.54, 1.807) is 0 Å². The molecule has 1 amide bonds. The molecule has 0 spiro atoms. The van der Waals surface area contributed by atoms with Gasteiger partial charge in [-0.2, -0.15) is 0 Å². The molecule has 1 aromatic carbocycles. The van der Waals surface area contributed by atoms with Crippen LogP contribution >= 0.6 is 24.0 Å². The molecule has 0 atom stereocenters. The van der Waals surface area contributed by atoms with Gasteiger partial charge in [-0.1, -0.05) is 30.3 Å². The van der Waals surface area contributed by atoms with Gasteiger partial charge in [0.1, 0.15) is 0 Å². The second-order valence-corrected chi connectivity index (χ2v) is 5.19. The smallest absolute Gasteiger partial charge is 0.222 e. The first kappa shape index (κ1) is 18.7. The molecule has 22 heavy (non-hydrogen) atoms. The summed E-state index contributed by atoms with van der Waals surface area (Å²) in [5, 5.41) is 9.43. The molecule has 1 aromatic rings. The number of guanidine groups is 1. The number of aliphatic imine (C=N–C) groups is 1. The molecule has 0 unspecified atom stereocenters. The largest absolute Gasteiger partial charge is 0.357 e. The van der Waals surface area contributed by atoms with E-state index in [1.807, 2.05) is 37.3 Å². The molecule has 2 rings (SSSR count). The Bertz CT molecular complexity index is 474. The van der Waals surface area contributed by atoms with Crippen LogP contribution in [0.2, 0.25) is 0 Å². The molecule has 0 heterocycles. The Morgan fingerprint density at radius 2 is 1.95 bits per heavy atom. The monoisotopic (exact) mass is 416 g/mol. The van der Waals surface area contributed by atoms with Gasteiger partial charge < -0.3 is 16.0 Å². The Balaban J connectivity index is 0.00000242. The van der Waals surface area contributed by atoms with Crippen LogP contribution in [0.1, 0.15) is 31.7 Å². The summed E-state index contributed by atoms with van der Waals surface area (Å²) in [5.74, 6) is 0.848. The molecule has 1 fully saturated rings. The van der Waals surface area contributed by atoms with Crippen LogP contribution in [-0.2, 0) is 11.3 Å². The molecular formula is C16H25IN4O. The van der Waals surface area contributed by atoms with Gasteiger partial charge in [0.2, 0.25) is 5.91 Å².